The van der Waals surface area contributed by atoms with Gasteiger partial charge < -0.3 is 0 Å². The van der Waals surface area contributed by atoms with Crippen LogP contribution >= 0.6 is 11.6 Å². The Morgan fingerprint density at radius 1 is 1.00 bits per heavy atom. The van der Waals surface area contributed by atoms with Crippen molar-refractivity contribution in [2.75, 3.05) is 0 Å². The summed E-state index contributed by atoms with van der Waals surface area (Å²) in [7, 11) is 0. The van der Waals surface area contributed by atoms with E-state index in [-0.39, 0.29) is 0 Å². The molecule has 4 rings (SSSR count). The number of hydrogen-bond acceptors (Lipinski definition) is 2. The maximum atomic E-state index is 5.95. The van der Waals surface area contributed by atoms with E-state index in [2.05, 4.69) is 10.1 Å². The molecule has 0 fully saturated rings. The van der Waals surface area contributed by atoms with Crippen LogP contribution in [0.4, 0.5) is 0 Å². The van der Waals surface area contributed by atoms with Crippen LogP contribution in [0.25, 0.3) is 16.8 Å². The molecule has 20 heavy (non-hydrogen) atoms. The largest absolute Gasteiger partial charge is 0.236 e. The molecule has 0 N–H and O–H groups in total. The summed E-state index contributed by atoms with van der Waals surface area (Å²) in [6.07, 6.45) is 8.63. The monoisotopic (exact) mass is 283 g/mol. The van der Waals surface area contributed by atoms with Crippen LogP contribution in [-0.4, -0.2) is 14.6 Å². The van der Waals surface area contributed by atoms with Gasteiger partial charge in [-0.05, 0) is 48.9 Å². The molecule has 4 heteroatoms. The average molecular weight is 284 g/mol. The van der Waals surface area contributed by atoms with Gasteiger partial charge in [0.25, 0.3) is 0 Å². The summed E-state index contributed by atoms with van der Waals surface area (Å²) >= 11 is 5.95. The molecule has 1 aliphatic carbocycles. The van der Waals surface area contributed by atoms with Gasteiger partial charge in [-0.15, -0.1) is 0 Å². The highest BCUT2D eigenvalue weighted by atomic mass is 35.5. The van der Waals surface area contributed by atoms with Gasteiger partial charge in [0.2, 0.25) is 0 Å². The lowest BCUT2D eigenvalue weighted by Crippen LogP contribution is -2.10. The van der Waals surface area contributed by atoms with E-state index in [0.29, 0.717) is 0 Å². The van der Waals surface area contributed by atoms with Crippen LogP contribution in [0.1, 0.15) is 24.1 Å². The van der Waals surface area contributed by atoms with Crippen molar-refractivity contribution in [1.82, 2.24) is 14.6 Å². The maximum absolute atomic E-state index is 5.95. The first-order valence-corrected chi connectivity index (χ1v) is 7.31. The van der Waals surface area contributed by atoms with Crippen LogP contribution < -0.4 is 0 Å². The zero-order chi connectivity index (χ0) is 13.5. The number of fused-ring (bicyclic) bond motifs is 3. The highest BCUT2D eigenvalue weighted by Gasteiger charge is 2.16. The Morgan fingerprint density at radius 3 is 2.65 bits per heavy atom. The molecule has 0 radical (unpaired) electrons. The molecule has 0 saturated heterocycles. The molecular weight excluding hydrogens is 270 g/mol. The number of halogens is 1. The molecule has 0 atom stereocenters. The molecule has 2 aromatic heterocycles. The van der Waals surface area contributed by atoms with E-state index in [1.807, 2.05) is 41.2 Å². The van der Waals surface area contributed by atoms with Crippen molar-refractivity contribution in [3.8, 4) is 11.1 Å². The highest BCUT2D eigenvalue weighted by molar-refractivity contribution is 6.30. The molecule has 0 bridgehead atoms. The van der Waals surface area contributed by atoms with Gasteiger partial charge in [0.1, 0.15) is 0 Å². The van der Waals surface area contributed by atoms with E-state index in [1.54, 1.807) is 0 Å². The van der Waals surface area contributed by atoms with Crippen molar-refractivity contribution >= 4 is 17.2 Å². The molecule has 3 aromatic rings. The standard InChI is InChI=1S/C16H14ClN3/c17-13-7-5-11(6-8-13)14-10-19-20-15-4-2-1-3-12(15)9-18-16(14)20/h5-10H,1-4H2. The lowest BCUT2D eigenvalue weighted by molar-refractivity contribution is 0.640. The lowest BCUT2D eigenvalue weighted by Gasteiger charge is -2.15. The summed E-state index contributed by atoms with van der Waals surface area (Å²) in [4.78, 5) is 4.62. The van der Waals surface area contributed by atoms with Crippen molar-refractivity contribution in [3.05, 3.63) is 52.9 Å². The van der Waals surface area contributed by atoms with Crippen molar-refractivity contribution < 1.29 is 0 Å². The van der Waals surface area contributed by atoms with Gasteiger partial charge in [-0.3, -0.25) is 0 Å². The molecular formula is C16H14ClN3. The summed E-state index contributed by atoms with van der Waals surface area (Å²) in [5.41, 5.74) is 5.77. The minimum Gasteiger partial charge on any atom is -0.236 e. The van der Waals surface area contributed by atoms with Crippen LogP contribution in [0.3, 0.4) is 0 Å². The minimum atomic E-state index is 0.746. The third-order valence-corrected chi connectivity index (χ3v) is 4.23. The summed E-state index contributed by atoms with van der Waals surface area (Å²) in [6, 6.07) is 7.83. The predicted molar refractivity (Wildman–Crippen MR) is 80.1 cm³/mol. The quantitative estimate of drug-likeness (QED) is 0.677. The van der Waals surface area contributed by atoms with E-state index >= 15 is 0 Å². The molecule has 2 heterocycles. The van der Waals surface area contributed by atoms with Gasteiger partial charge >= 0.3 is 0 Å². The van der Waals surface area contributed by atoms with E-state index in [0.717, 1.165) is 34.6 Å². The minimum absolute atomic E-state index is 0.746. The number of aromatic nitrogens is 3. The van der Waals surface area contributed by atoms with E-state index < -0.39 is 0 Å². The fraction of sp³-hybridized carbons (Fsp3) is 0.250. The molecule has 0 unspecified atom stereocenters. The fourth-order valence-electron chi connectivity index (χ4n) is 2.93. The summed E-state index contributed by atoms with van der Waals surface area (Å²) < 4.78 is 2.01. The second kappa shape index (κ2) is 4.60. The number of rotatable bonds is 1. The predicted octanol–water partition coefficient (Wildman–Crippen LogP) is 3.93. The van der Waals surface area contributed by atoms with Crippen molar-refractivity contribution in [2.45, 2.75) is 25.7 Å². The summed E-state index contributed by atoms with van der Waals surface area (Å²) in [6.45, 7) is 0. The smallest absolute Gasteiger partial charge is 0.163 e. The van der Waals surface area contributed by atoms with Gasteiger partial charge in [0.05, 0.1) is 6.20 Å². The van der Waals surface area contributed by atoms with Crippen molar-refractivity contribution in [1.29, 1.82) is 0 Å². The third-order valence-electron chi connectivity index (χ3n) is 3.98. The Morgan fingerprint density at radius 2 is 1.80 bits per heavy atom. The van der Waals surface area contributed by atoms with Crippen LogP contribution in [-0.2, 0) is 12.8 Å². The molecule has 0 amide bonds. The summed E-state index contributed by atoms with van der Waals surface area (Å²) in [5, 5.41) is 5.30. The zero-order valence-corrected chi connectivity index (χ0v) is 11.8. The topological polar surface area (TPSA) is 30.2 Å². The van der Waals surface area contributed by atoms with Crippen molar-refractivity contribution in [3.63, 3.8) is 0 Å². The molecule has 0 spiro atoms. The van der Waals surface area contributed by atoms with E-state index in [4.69, 9.17) is 11.6 Å². The van der Waals surface area contributed by atoms with Crippen LogP contribution in [0.5, 0.6) is 0 Å². The van der Waals surface area contributed by atoms with Crippen LogP contribution in [0.15, 0.2) is 36.7 Å². The first-order chi connectivity index (χ1) is 9.83. The molecule has 1 aromatic carbocycles. The first-order valence-electron chi connectivity index (χ1n) is 6.93. The molecule has 1 aliphatic rings. The van der Waals surface area contributed by atoms with Gasteiger partial charge in [-0.1, -0.05) is 23.7 Å². The van der Waals surface area contributed by atoms with Crippen LogP contribution in [0.2, 0.25) is 5.02 Å². The second-order valence-electron chi connectivity index (χ2n) is 5.24. The molecule has 3 nitrogen and oxygen atoms in total. The van der Waals surface area contributed by atoms with Crippen LogP contribution in [0, 0.1) is 0 Å². The van der Waals surface area contributed by atoms with Gasteiger partial charge in [0.15, 0.2) is 5.65 Å². The number of nitrogens with zero attached hydrogens (tertiary/aromatic N) is 3. The Hall–Kier alpha value is -1.87. The fourth-order valence-corrected chi connectivity index (χ4v) is 3.06. The maximum Gasteiger partial charge on any atom is 0.163 e. The normalized spacial score (nSPS) is 14.4. The Kier molecular flexibility index (Phi) is 2.74. The number of benzene rings is 1. The Bertz CT molecular complexity index is 774. The van der Waals surface area contributed by atoms with Gasteiger partial charge in [-0.2, -0.15) is 5.10 Å². The van der Waals surface area contributed by atoms with E-state index in [9.17, 15) is 0 Å². The zero-order valence-electron chi connectivity index (χ0n) is 11.0. The second-order valence-corrected chi connectivity index (χ2v) is 5.67. The number of aryl methyl sites for hydroxylation is 2. The first kappa shape index (κ1) is 11.9. The Labute approximate surface area is 122 Å². The van der Waals surface area contributed by atoms with E-state index in [1.165, 1.54) is 24.1 Å². The SMILES string of the molecule is Clc1ccc(-c2cnn3c4c(cnc23)CCCC4)cc1. The van der Waals surface area contributed by atoms with Gasteiger partial charge in [-0.25, -0.2) is 9.50 Å². The highest BCUT2D eigenvalue weighted by Crippen LogP contribution is 2.28. The lowest BCUT2D eigenvalue weighted by atomic mass is 9.97. The average Bonchev–Trinajstić information content (AvgIpc) is 2.92. The number of hydrogen-bond donors (Lipinski definition) is 0. The third kappa shape index (κ3) is 1.81. The van der Waals surface area contributed by atoms with Gasteiger partial charge in [0, 0.05) is 22.5 Å². The molecule has 100 valence electrons. The Balaban J connectivity index is 1.92. The molecule has 0 aliphatic heterocycles. The van der Waals surface area contributed by atoms with Crippen molar-refractivity contribution in [2.24, 2.45) is 0 Å². The molecule has 0 saturated carbocycles. The summed E-state index contributed by atoms with van der Waals surface area (Å²) in [5.74, 6) is 0.